The molecule has 0 aliphatic carbocycles. The average molecular weight is 863 g/mol. The number of urea groups is 1. The van der Waals surface area contributed by atoms with Crippen LogP contribution in [0.1, 0.15) is 36.7 Å². The van der Waals surface area contributed by atoms with Crippen LogP contribution >= 0.6 is 20.6 Å². The monoisotopic (exact) mass is 862 g/mol. The Bertz CT molecular complexity index is 2220. The molecule has 60 heavy (non-hydrogen) atoms. The van der Waals surface area contributed by atoms with E-state index in [1.165, 1.54) is 19.1 Å². The van der Waals surface area contributed by atoms with Gasteiger partial charge in [-0.25, -0.2) is 9.78 Å². The highest BCUT2D eigenvalue weighted by atomic mass is 32.2. The van der Waals surface area contributed by atoms with E-state index < -0.39 is 14.6 Å². The number of hydrogen-bond acceptors (Lipinski definition) is 14. The van der Waals surface area contributed by atoms with E-state index in [-0.39, 0.29) is 37.7 Å². The third-order valence-electron chi connectivity index (χ3n) is 8.77. The minimum absolute atomic E-state index is 0.0722. The molecule has 3 amide bonds. The van der Waals surface area contributed by atoms with E-state index >= 15 is 0 Å². The molecule has 5 aromatic rings. The van der Waals surface area contributed by atoms with E-state index in [2.05, 4.69) is 56.3 Å². The maximum atomic E-state index is 13.5. The Labute approximate surface area is 354 Å². The van der Waals surface area contributed by atoms with Gasteiger partial charge in [0.15, 0.2) is 5.75 Å². The molecule has 1 aromatic heterocycles. The first-order valence-electron chi connectivity index (χ1n) is 18.8. The Hall–Kier alpha value is -5.39. The van der Waals surface area contributed by atoms with Gasteiger partial charge in [0.05, 0.1) is 69.9 Å². The number of hydrogen-bond donors (Lipinski definition) is 7. The van der Waals surface area contributed by atoms with Crippen LogP contribution in [0.25, 0.3) is 10.8 Å². The van der Waals surface area contributed by atoms with E-state index in [9.17, 15) is 9.59 Å². The second kappa shape index (κ2) is 22.3. The van der Waals surface area contributed by atoms with Crippen LogP contribution in [0.5, 0.6) is 23.0 Å². The summed E-state index contributed by atoms with van der Waals surface area (Å²) in [6, 6.07) is 23.3. The summed E-state index contributed by atoms with van der Waals surface area (Å²) in [6.45, 7) is 7.74. The zero-order chi connectivity index (χ0) is 43.1. The number of methoxy groups -OCH3 is 2. The third kappa shape index (κ3) is 13.1. The SMILES string of the molecule is COc1cc(Nc2cc(Oc3ccc(NC(=O)Nc4cc(C(C)(C)C)cc(NSC)c4OC)c4ccccc34)ccn2)ccc1C(=O)NCCOCCOCCOP(O)O. The minimum atomic E-state index is -2.39. The molecule has 0 unspecified atom stereocenters. The highest BCUT2D eigenvalue weighted by Gasteiger charge is 2.21. The van der Waals surface area contributed by atoms with E-state index in [0.717, 1.165) is 22.0 Å². The lowest BCUT2D eigenvalue weighted by Crippen LogP contribution is -2.28. The molecule has 5 rings (SSSR count). The molecular weight excluding hydrogens is 812 g/mol. The topological polar surface area (TPSA) is 203 Å². The van der Waals surface area contributed by atoms with Gasteiger partial charge >= 0.3 is 14.6 Å². The maximum Gasteiger partial charge on any atom is 0.327 e. The van der Waals surface area contributed by atoms with Gasteiger partial charge in [0, 0.05) is 47.6 Å². The van der Waals surface area contributed by atoms with Gasteiger partial charge in [0.2, 0.25) is 0 Å². The van der Waals surface area contributed by atoms with Crippen LogP contribution in [0, 0.1) is 0 Å². The quantitative estimate of drug-likeness (QED) is 0.0210. The van der Waals surface area contributed by atoms with Gasteiger partial charge in [-0.2, -0.15) is 0 Å². The number of benzene rings is 4. The molecular formula is C42H51N6O10PS. The number of amides is 3. The van der Waals surface area contributed by atoms with Crippen LogP contribution in [-0.4, -0.2) is 86.8 Å². The highest BCUT2D eigenvalue weighted by molar-refractivity contribution is 7.99. The van der Waals surface area contributed by atoms with Gasteiger partial charge in [-0.1, -0.05) is 57.0 Å². The number of ether oxygens (including phenoxy) is 5. The zero-order valence-corrected chi connectivity index (χ0v) is 36.0. The molecule has 18 heteroatoms. The lowest BCUT2D eigenvalue weighted by atomic mass is 9.86. The smallest absolute Gasteiger partial charge is 0.327 e. The summed E-state index contributed by atoms with van der Waals surface area (Å²) >= 11 is 1.44. The van der Waals surface area contributed by atoms with Crippen molar-refractivity contribution >= 4 is 71.8 Å². The van der Waals surface area contributed by atoms with Crippen LogP contribution in [-0.2, 0) is 19.4 Å². The van der Waals surface area contributed by atoms with Gasteiger partial charge in [0.25, 0.3) is 5.91 Å². The van der Waals surface area contributed by atoms with Crippen molar-refractivity contribution < 1.29 is 47.6 Å². The molecule has 0 saturated carbocycles. The number of fused-ring (bicyclic) bond motifs is 1. The number of anilines is 5. The van der Waals surface area contributed by atoms with Crippen LogP contribution < -0.4 is 40.2 Å². The van der Waals surface area contributed by atoms with Crippen molar-refractivity contribution in [2.75, 3.05) is 80.7 Å². The fourth-order valence-corrected chi connectivity index (χ4v) is 6.52. The fraction of sp³-hybridized carbons (Fsp3) is 0.310. The van der Waals surface area contributed by atoms with Crippen molar-refractivity contribution in [2.45, 2.75) is 26.2 Å². The predicted molar refractivity (Wildman–Crippen MR) is 237 cm³/mol. The van der Waals surface area contributed by atoms with Crippen LogP contribution in [0.15, 0.2) is 85.1 Å². The summed E-state index contributed by atoms with van der Waals surface area (Å²) in [5.74, 6) is 2.14. The lowest BCUT2D eigenvalue weighted by molar-refractivity contribution is 0.0355. The molecule has 0 aliphatic heterocycles. The standard InChI is InChI=1S/C42H51N6O10PS/c1-42(2,3)27-23-34(39(54-5)35(24-27)48-60-6)47-41(50)46-33-13-14-36(31-10-8-7-9-30(31)33)58-29-15-16-43-38(26-29)45-28-11-12-32(37(25-28)53-4)40(49)44-17-18-55-19-20-56-21-22-57-59(51)52/h7-16,23-26,48,51-52H,17-22H2,1-6H3,(H,43,45)(H,44,49)(H2,46,47,50). The highest BCUT2D eigenvalue weighted by Crippen LogP contribution is 2.40. The Morgan fingerprint density at radius 3 is 2.22 bits per heavy atom. The van der Waals surface area contributed by atoms with Crippen LogP contribution in [0.2, 0.25) is 0 Å². The fourth-order valence-electron chi connectivity index (χ4n) is 5.91. The molecule has 0 saturated heterocycles. The Kier molecular flexibility index (Phi) is 17.0. The van der Waals surface area contributed by atoms with Crippen molar-refractivity contribution in [2.24, 2.45) is 0 Å². The number of nitrogens with one attached hydrogen (secondary N) is 5. The molecule has 1 heterocycles. The number of aromatic nitrogens is 1. The summed E-state index contributed by atoms with van der Waals surface area (Å²) in [7, 11) is 0.672. The summed E-state index contributed by atoms with van der Waals surface area (Å²) < 4.78 is 36.2. The molecule has 4 aromatic carbocycles. The second-order valence-corrected chi connectivity index (χ2v) is 15.4. The first-order valence-corrected chi connectivity index (χ1v) is 21.2. The van der Waals surface area contributed by atoms with Gasteiger partial charge in [0.1, 0.15) is 23.1 Å². The number of nitrogens with zero attached hydrogens (tertiary/aromatic N) is 1. The van der Waals surface area contributed by atoms with Gasteiger partial charge in [-0.15, -0.1) is 0 Å². The predicted octanol–water partition coefficient (Wildman–Crippen LogP) is 8.41. The Morgan fingerprint density at radius 1 is 0.783 bits per heavy atom. The molecule has 0 aliphatic rings. The first kappa shape index (κ1) is 45.7. The number of carbonyl (C=O) groups is 2. The van der Waals surface area contributed by atoms with Crippen molar-refractivity contribution in [1.82, 2.24) is 10.3 Å². The van der Waals surface area contributed by atoms with E-state index in [4.69, 9.17) is 33.5 Å². The first-order chi connectivity index (χ1) is 28.9. The molecule has 0 radical (unpaired) electrons. The van der Waals surface area contributed by atoms with Crippen molar-refractivity contribution in [3.63, 3.8) is 0 Å². The lowest BCUT2D eigenvalue weighted by Gasteiger charge is -2.24. The number of pyridine rings is 1. The zero-order valence-electron chi connectivity index (χ0n) is 34.3. The summed E-state index contributed by atoms with van der Waals surface area (Å²) in [5, 5.41) is 13.6. The van der Waals surface area contributed by atoms with Crippen molar-refractivity contribution in [3.8, 4) is 23.0 Å². The largest absolute Gasteiger partial charge is 0.496 e. The van der Waals surface area contributed by atoms with E-state index in [1.807, 2.05) is 42.7 Å². The van der Waals surface area contributed by atoms with E-state index in [1.54, 1.807) is 55.8 Å². The summed E-state index contributed by atoms with van der Waals surface area (Å²) in [5.41, 5.74) is 3.73. The van der Waals surface area contributed by atoms with Gasteiger partial charge < -0.3 is 64.0 Å². The average Bonchev–Trinajstić information content (AvgIpc) is 3.22. The number of carbonyl (C=O) groups excluding carboxylic acids is 2. The maximum absolute atomic E-state index is 13.5. The van der Waals surface area contributed by atoms with Crippen LogP contribution in [0.3, 0.4) is 0 Å². The van der Waals surface area contributed by atoms with Gasteiger partial charge in [-0.3, -0.25) is 4.79 Å². The molecule has 0 bridgehead atoms. The van der Waals surface area contributed by atoms with E-state index in [0.29, 0.717) is 64.7 Å². The molecule has 0 spiro atoms. The third-order valence-corrected chi connectivity index (χ3v) is 9.61. The molecule has 0 fully saturated rings. The molecule has 16 nitrogen and oxygen atoms in total. The van der Waals surface area contributed by atoms with Crippen molar-refractivity contribution in [1.29, 1.82) is 0 Å². The van der Waals surface area contributed by atoms with Crippen molar-refractivity contribution in [3.05, 3.63) is 96.2 Å². The summed E-state index contributed by atoms with van der Waals surface area (Å²) in [6.07, 6.45) is 3.54. The summed E-state index contributed by atoms with van der Waals surface area (Å²) in [4.78, 5) is 48.2. The Balaban J connectivity index is 1.21. The second-order valence-electron chi connectivity index (χ2n) is 14.0. The minimum Gasteiger partial charge on any atom is -0.496 e. The molecule has 320 valence electrons. The Morgan fingerprint density at radius 2 is 1.50 bits per heavy atom. The van der Waals surface area contributed by atoms with Gasteiger partial charge in [-0.05, 0) is 53.4 Å². The normalized spacial score (nSPS) is 11.3. The van der Waals surface area contributed by atoms with Crippen LogP contribution in [0.4, 0.5) is 33.4 Å². The molecule has 7 N–H and O–H groups in total. The molecule has 0 atom stereocenters. The number of rotatable bonds is 21.